The lowest BCUT2D eigenvalue weighted by Gasteiger charge is -2.38. The summed E-state index contributed by atoms with van der Waals surface area (Å²) >= 11 is 6.15. The number of nitrogens with one attached hydrogen (secondary N) is 1. The van der Waals surface area contributed by atoms with E-state index in [1.54, 1.807) is 6.07 Å². The second-order valence-electron chi connectivity index (χ2n) is 6.81. The van der Waals surface area contributed by atoms with Crippen LogP contribution in [-0.4, -0.2) is 13.6 Å². The summed E-state index contributed by atoms with van der Waals surface area (Å²) < 4.78 is 13.6. The number of halogens is 2. The molecule has 0 spiro atoms. The second kappa shape index (κ2) is 7.60. The topological polar surface area (TPSA) is 12.0 Å². The molecule has 0 saturated heterocycles. The molecule has 21 heavy (non-hydrogen) atoms. The fourth-order valence-electron chi connectivity index (χ4n) is 3.74. The third-order valence-electron chi connectivity index (χ3n) is 5.10. The Morgan fingerprint density at radius 1 is 1.29 bits per heavy atom. The fourth-order valence-corrected chi connectivity index (χ4v) is 3.94. The first-order valence-electron chi connectivity index (χ1n) is 8.10. The summed E-state index contributed by atoms with van der Waals surface area (Å²) in [5, 5.41) is 3.63. The van der Waals surface area contributed by atoms with Crippen LogP contribution in [0.1, 0.15) is 38.7 Å². The molecule has 1 aliphatic carbocycles. The molecule has 3 heteroatoms. The van der Waals surface area contributed by atoms with E-state index in [0.717, 1.165) is 30.4 Å². The molecule has 2 rings (SSSR count). The first-order chi connectivity index (χ1) is 10.0. The third kappa shape index (κ3) is 4.20. The molecule has 0 radical (unpaired) electrons. The average molecular weight is 312 g/mol. The summed E-state index contributed by atoms with van der Waals surface area (Å²) in [6.07, 6.45) is 4.71. The molecule has 3 atom stereocenters. The van der Waals surface area contributed by atoms with E-state index in [9.17, 15) is 4.39 Å². The van der Waals surface area contributed by atoms with Gasteiger partial charge in [0.2, 0.25) is 0 Å². The lowest BCUT2D eigenvalue weighted by atomic mass is 9.68. The van der Waals surface area contributed by atoms with Crippen molar-refractivity contribution >= 4 is 11.6 Å². The standard InChI is InChI=1S/C18H27ClFN/c1-12(2)13-7-8-15(11-21-3)16(9-13)10-14-5-4-6-17(20)18(14)19/h4-6,12-13,15-16,21H,7-11H2,1-3H3. The quantitative estimate of drug-likeness (QED) is 0.813. The van der Waals surface area contributed by atoms with Gasteiger partial charge in [0.15, 0.2) is 0 Å². The Bertz CT molecular complexity index is 461. The van der Waals surface area contributed by atoms with E-state index in [0.29, 0.717) is 16.9 Å². The van der Waals surface area contributed by atoms with Crippen molar-refractivity contribution in [3.8, 4) is 0 Å². The van der Waals surface area contributed by atoms with E-state index < -0.39 is 0 Å². The maximum atomic E-state index is 13.6. The van der Waals surface area contributed by atoms with Crippen LogP contribution in [0.5, 0.6) is 0 Å². The van der Waals surface area contributed by atoms with Gasteiger partial charge in [0.05, 0.1) is 5.02 Å². The molecule has 118 valence electrons. The SMILES string of the molecule is CNCC1CCC(C(C)C)CC1Cc1cccc(F)c1Cl. The highest BCUT2D eigenvalue weighted by Gasteiger charge is 2.31. The predicted molar refractivity (Wildman–Crippen MR) is 88.2 cm³/mol. The summed E-state index contributed by atoms with van der Waals surface area (Å²) in [6.45, 7) is 5.67. The van der Waals surface area contributed by atoms with Crippen molar-refractivity contribution in [2.75, 3.05) is 13.6 Å². The Morgan fingerprint density at radius 3 is 2.71 bits per heavy atom. The number of hydrogen-bond donors (Lipinski definition) is 1. The van der Waals surface area contributed by atoms with Crippen LogP contribution in [0.4, 0.5) is 4.39 Å². The molecule has 0 bridgehead atoms. The van der Waals surface area contributed by atoms with Crippen LogP contribution in [-0.2, 0) is 6.42 Å². The Labute approximate surface area is 133 Å². The highest BCUT2D eigenvalue weighted by atomic mass is 35.5. The van der Waals surface area contributed by atoms with Crippen LogP contribution in [0.15, 0.2) is 18.2 Å². The number of rotatable bonds is 5. The van der Waals surface area contributed by atoms with Crippen molar-refractivity contribution in [3.05, 3.63) is 34.6 Å². The van der Waals surface area contributed by atoms with E-state index in [-0.39, 0.29) is 5.82 Å². The molecule has 1 aromatic carbocycles. The smallest absolute Gasteiger partial charge is 0.142 e. The van der Waals surface area contributed by atoms with Gasteiger partial charge in [0.25, 0.3) is 0 Å². The van der Waals surface area contributed by atoms with E-state index in [1.807, 2.05) is 13.1 Å². The molecular formula is C18H27ClFN. The zero-order valence-electron chi connectivity index (χ0n) is 13.3. The summed E-state index contributed by atoms with van der Waals surface area (Å²) in [4.78, 5) is 0. The van der Waals surface area contributed by atoms with Crippen LogP contribution in [0.25, 0.3) is 0 Å². The predicted octanol–water partition coefficient (Wildman–Crippen LogP) is 4.93. The lowest BCUT2D eigenvalue weighted by Crippen LogP contribution is -2.34. The first kappa shape index (κ1) is 16.8. The molecule has 0 aromatic heterocycles. The largest absolute Gasteiger partial charge is 0.319 e. The first-order valence-corrected chi connectivity index (χ1v) is 8.48. The second-order valence-corrected chi connectivity index (χ2v) is 7.19. The Balaban J connectivity index is 2.13. The molecule has 1 aromatic rings. The molecule has 1 fully saturated rings. The van der Waals surface area contributed by atoms with E-state index in [4.69, 9.17) is 11.6 Å². The van der Waals surface area contributed by atoms with E-state index >= 15 is 0 Å². The van der Waals surface area contributed by atoms with Crippen molar-refractivity contribution < 1.29 is 4.39 Å². The highest BCUT2D eigenvalue weighted by Crippen LogP contribution is 2.39. The number of benzene rings is 1. The minimum absolute atomic E-state index is 0.296. The van der Waals surface area contributed by atoms with Crippen LogP contribution in [0, 0.1) is 29.5 Å². The molecule has 0 aliphatic heterocycles. The molecular weight excluding hydrogens is 285 g/mol. The van der Waals surface area contributed by atoms with Gasteiger partial charge >= 0.3 is 0 Å². The van der Waals surface area contributed by atoms with Crippen LogP contribution >= 0.6 is 11.6 Å². The van der Waals surface area contributed by atoms with Crippen LogP contribution in [0.3, 0.4) is 0 Å². The molecule has 0 heterocycles. The summed E-state index contributed by atoms with van der Waals surface area (Å²) in [7, 11) is 2.01. The third-order valence-corrected chi connectivity index (χ3v) is 5.53. The average Bonchev–Trinajstić information content (AvgIpc) is 2.45. The minimum Gasteiger partial charge on any atom is -0.319 e. The molecule has 1 nitrogen and oxygen atoms in total. The number of hydrogen-bond acceptors (Lipinski definition) is 1. The Hall–Kier alpha value is -0.600. The van der Waals surface area contributed by atoms with Crippen molar-refractivity contribution in [2.24, 2.45) is 23.7 Å². The molecule has 1 saturated carbocycles. The van der Waals surface area contributed by atoms with Crippen molar-refractivity contribution in [1.82, 2.24) is 5.32 Å². The zero-order chi connectivity index (χ0) is 15.4. The maximum Gasteiger partial charge on any atom is 0.142 e. The van der Waals surface area contributed by atoms with Gasteiger partial charge in [-0.1, -0.05) is 37.6 Å². The van der Waals surface area contributed by atoms with Gasteiger partial charge in [-0.25, -0.2) is 4.39 Å². The van der Waals surface area contributed by atoms with Crippen molar-refractivity contribution in [3.63, 3.8) is 0 Å². The lowest BCUT2D eigenvalue weighted by molar-refractivity contribution is 0.146. The maximum absolute atomic E-state index is 13.6. The molecule has 1 N–H and O–H groups in total. The fraction of sp³-hybridized carbons (Fsp3) is 0.667. The minimum atomic E-state index is -0.296. The van der Waals surface area contributed by atoms with Crippen molar-refractivity contribution in [1.29, 1.82) is 0 Å². The van der Waals surface area contributed by atoms with Gasteiger partial charge < -0.3 is 5.32 Å². The van der Waals surface area contributed by atoms with Gasteiger partial charge in [-0.15, -0.1) is 0 Å². The van der Waals surface area contributed by atoms with Crippen LogP contribution in [0.2, 0.25) is 5.02 Å². The summed E-state index contributed by atoms with van der Waals surface area (Å²) in [6, 6.07) is 5.18. The van der Waals surface area contributed by atoms with Crippen LogP contribution < -0.4 is 5.32 Å². The Morgan fingerprint density at radius 2 is 2.05 bits per heavy atom. The normalized spacial score (nSPS) is 26.3. The zero-order valence-corrected chi connectivity index (χ0v) is 14.1. The van der Waals surface area contributed by atoms with E-state index in [1.165, 1.54) is 25.3 Å². The summed E-state index contributed by atoms with van der Waals surface area (Å²) in [5.74, 6) is 2.49. The van der Waals surface area contributed by atoms with Gasteiger partial charge in [-0.2, -0.15) is 0 Å². The molecule has 3 unspecified atom stereocenters. The van der Waals surface area contributed by atoms with Gasteiger partial charge in [-0.05, 0) is 74.6 Å². The summed E-state index contributed by atoms with van der Waals surface area (Å²) in [5.41, 5.74) is 0.965. The highest BCUT2D eigenvalue weighted by molar-refractivity contribution is 6.31. The molecule has 0 amide bonds. The Kier molecular flexibility index (Phi) is 6.07. The van der Waals surface area contributed by atoms with Gasteiger partial charge in [-0.3, -0.25) is 0 Å². The van der Waals surface area contributed by atoms with E-state index in [2.05, 4.69) is 19.2 Å². The monoisotopic (exact) mass is 311 g/mol. The molecule has 1 aliphatic rings. The van der Waals surface area contributed by atoms with Gasteiger partial charge in [0.1, 0.15) is 5.82 Å². The van der Waals surface area contributed by atoms with Gasteiger partial charge in [0, 0.05) is 0 Å². The van der Waals surface area contributed by atoms with Crippen molar-refractivity contribution in [2.45, 2.75) is 39.5 Å².